The van der Waals surface area contributed by atoms with E-state index in [0.717, 1.165) is 38.3 Å². The summed E-state index contributed by atoms with van der Waals surface area (Å²) >= 11 is 0. The second-order valence-corrected chi connectivity index (χ2v) is 6.37. The zero-order valence-corrected chi connectivity index (χ0v) is 15.5. The second-order valence-electron chi connectivity index (χ2n) is 6.37. The quantitative estimate of drug-likeness (QED) is 0.537. The van der Waals surface area contributed by atoms with E-state index >= 15 is 0 Å². The highest BCUT2D eigenvalue weighted by molar-refractivity contribution is 6.16. The number of aliphatic imine (C=N–C) groups is 1. The first kappa shape index (κ1) is 20.4. The fourth-order valence-corrected chi connectivity index (χ4v) is 2.99. The van der Waals surface area contributed by atoms with E-state index in [0.29, 0.717) is 17.0 Å². The van der Waals surface area contributed by atoms with Crippen molar-refractivity contribution >= 4 is 29.1 Å². The summed E-state index contributed by atoms with van der Waals surface area (Å²) in [6.07, 6.45) is 5.69. The number of hydrogen-bond acceptors (Lipinski definition) is 5. The van der Waals surface area contributed by atoms with Crippen LogP contribution in [-0.2, 0) is 0 Å². The zero-order chi connectivity index (χ0) is 20.8. The summed E-state index contributed by atoms with van der Waals surface area (Å²) in [4.78, 5) is 10.3. The van der Waals surface area contributed by atoms with Gasteiger partial charge in [0, 0.05) is 30.9 Å². The minimum atomic E-state index is -2.91. The van der Waals surface area contributed by atoms with Crippen LogP contribution in [0, 0.1) is 11.2 Å². The molecule has 6 nitrogen and oxygen atoms in total. The van der Waals surface area contributed by atoms with Gasteiger partial charge >= 0.3 is 6.61 Å². The maximum atomic E-state index is 14.1. The number of pyridine rings is 1. The number of benzene rings is 1. The van der Waals surface area contributed by atoms with Crippen LogP contribution in [0.1, 0.15) is 18.4 Å². The Labute approximate surface area is 166 Å². The minimum Gasteiger partial charge on any atom is -0.435 e. The van der Waals surface area contributed by atoms with Crippen LogP contribution in [0.25, 0.3) is 5.57 Å². The summed E-state index contributed by atoms with van der Waals surface area (Å²) in [6.45, 7) is -1.19. The molecule has 2 aromatic rings. The number of anilines is 1. The standard InChI is InChI=1S/C20H20F3N5O/c21-16-12-26-19(28-7-1-2-8-28)10-17(16)27-18(25)9-14(11-24)13-3-5-15(6-4-13)29-20(22)23/h3-6,9-12,20,24H,1-2,7-8H2,(H2,25,26,27)/b14-9+,24-11?. The summed E-state index contributed by atoms with van der Waals surface area (Å²) in [5.41, 5.74) is 6.92. The number of rotatable bonds is 7. The number of ether oxygens (including phenoxy) is 1. The molecule has 0 unspecified atom stereocenters. The number of alkyl halides is 2. The van der Waals surface area contributed by atoms with Crippen LogP contribution in [0.2, 0.25) is 0 Å². The molecule has 152 valence electrons. The summed E-state index contributed by atoms with van der Waals surface area (Å²) in [5.74, 6) is 0.0347. The third kappa shape index (κ3) is 5.34. The Kier molecular flexibility index (Phi) is 6.48. The molecule has 0 saturated carbocycles. The van der Waals surface area contributed by atoms with Crippen molar-refractivity contribution in [2.45, 2.75) is 19.5 Å². The lowest BCUT2D eigenvalue weighted by atomic mass is 10.1. The normalized spacial score (nSPS) is 15.1. The van der Waals surface area contributed by atoms with Crippen LogP contribution in [0.4, 0.5) is 24.7 Å². The lowest BCUT2D eigenvalue weighted by Crippen LogP contribution is -2.18. The molecule has 1 aliphatic heterocycles. The first-order chi connectivity index (χ1) is 14.0. The molecule has 3 rings (SSSR count). The highest BCUT2D eigenvalue weighted by atomic mass is 19.3. The molecule has 1 aromatic heterocycles. The molecule has 1 saturated heterocycles. The fourth-order valence-electron chi connectivity index (χ4n) is 2.99. The van der Waals surface area contributed by atoms with Gasteiger partial charge in [0.1, 0.15) is 23.1 Å². The average Bonchev–Trinajstić information content (AvgIpc) is 3.23. The Hall–Kier alpha value is -3.36. The van der Waals surface area contributed by atoms with Gasteiger partial charge in [0.05, 0.1) is 6.20 Å². The predicted molar refractivity (Wildman–Crippen MR) is 107 cm³/mol. The second kappa shape index (κ2) is 9.22. The van der Waals surface area contributed by atoms with Crippen LogP contribution in [0.3, 0.4) is 0 Å². The van der Waals surface area contributed by atoms with Crippen LogP contribution in [0.15, 0.2) is 47.6 Å². The van der Waals surface area contributed by atoms with Crippen LogP contribution in [0.5, 0.6) is 5.75 Å². The highest BCUT2D eigenvalue weighted by Crippen LogP contribution is 2.25. The van der Waals surface area contributed by atoms with E-state index in [1.54, 1.807) is 6.07 Å². The molecule has 1 aliphatic rings. The lowest BCUT2D eigenvalue weighted by molar-refractivity contribution is -0.0498. The maximum absolute atomic E-state index is 14.1. The molecule has 0 spiro atoms. The van der Waals surface area contributed by atoms with E-state index in [1.807, 2.05) is 0 Å². The van der Waals surface area contributed by atoms with E-state index in [4.69, 9.17) is 11.1 Å². The molecule has 0 aliphatic carbocycles. The van der Waals surface area contributed by atoms with Crippen LogP contribution in [-0.4, -0.2) is 36.7 Å². The number of hydrogen-bond donors (Lipinski definition) is 2. The van der Waals surface area contributed by atoms with Crippen molar-refractivity contribution in [1.82, 2.24) is 4.98 Å². The summed E-state index contributed by atoms with van der Waals surface area (Å²) in [7, 11) is 0. The fraction of sp³-hybridized carbons (Fsp3) is 0.250. The molecular formula is C20H20F3N5O. The van der Waals surface area contributed by atoms with Gasteiger partial charge in [0.2, 0.25) is 0 Å². The molecule has 0 atom stereocenters. The Bertz CT molecular complexity index is 922. The van der Waals surface area contributed by atoms with E-state index in [2.05, 4.69) is 19.6 Å². The molecule has 29 heavy (non-hydrogen) atoms. The molecule has 2 heterocycles. The summed E-state index contributed by atoms with van der Waals surface area (Å²) < 4.78 is 42.9. The molecule has 9 heteroatoms. The largest absolute Gasteiger partial charge is 0.435 e. The number of nitrogens with zero attached hydrogens (tertiary/aromatic N) is 3. The van der Waals surface area contributed by atoms with Gasteiger partial charge in [0.25, 0.3) is 0 Å². The number of allylic oxidation sites excluding steroid dienone is 1. The van der Waals surface area contributed by atoms with Gasteiger partial charge in [-0.25, -0.2) is 14.4 Å². The third-order valence-electron chi connectivity index (χ3n) is 4.37. The number of nitrogens with one attached hydrogen (secondary N) is 1. The van der Waals surface area contributed by atoms with Gasteiger partial charge in [0.15, 0.2) is 5.82 Å². The van der Waals surface area contributed by atoms with Gasteiger partial charge in [-0.2, -0.15) is 8.78 Å². The van der Waals surface area contributed by atoms with Gasteiger partial charge in [-0.15, -0.1) is 0 Å². The third-order valence-corrected chi connectivity index (χ3v) is 4.37. The van der Waals surface area contributed by atoms with Gasteiger partial charge in [-0.05, 0) is 36.6 Å². The number of nitrogens with two attached hydrogens (primary N) is 1. The Morgan fingerprint density at radius 3 is 2.55 bits per heavy atom. The van der Waals surface area contributed by atoms with E-state index in [-0.39, 0.29) is 17.3 Å². The van der Waals surface area contributed by atoms with E-state index in [9.17, 15) is 13.2 Å². The van der Waals surface area contributed by atoms with Gasteiger partial charge < -0.3 is 20.8 Å². The number of aromatic nitrogens is 1. The minimum absolute atomic E-state index is 0.00279. The summed E-state index contributed by atoms with van der Waals surface area (Å²) in [6, 6.07) is 7.29. The molecule has 0 radical (unpaired) electrons. The SMILES string of the molecule is N=C/C(=C\C(N)=Nc1cc(N2CCCC2)ncc1F)c1ccc(OC(F)F)cc1. The lowest BCUT2D eigenvalue weighted by Gasteiger charge is -2.16. The summed E-state index contributed by atoms with van der Waals surface area (Å²) in [5, 5.41) is 7.58. The molecule has 1 aromatic carbocycles. The molecule has 0 bridgehead atoms. The average molecular weight is 403 g/mol. The first-order valence-electron chi connectivity index (χ1n) is 8.98. The smallest absolute Gasteiger partial charge is 0.387 e. The first-order valence-corrected chi connectivity index (χ1v) is 8.98. The number of amidine groups is 1. The van der Waals surface area contributed by atoms with Crippen molar-refractivity contribution in [3.63, 3.8) is 0 Å². The van der Waals surface area contributed by atoms with Crippen molar-refractivity contribution < 1.29 is 17.9 Å². The molecule has 3 N–H and O–H groups in total. The van der Waals surface area contributed by atoms with E-state index in [1.165, 1.54) is 30.3 Å². The molecular weight excluding hydrogens is 383 g/mol. The van der Waals surface area contributed by atoms with Crippen molar-refractivity contribution in [2.24, 2.45) is 10.7 Å². The highest BCUT2D eigenvalue weighted by Gasteiger charge is 2.15. The Balaban J connectivity index is 1.83. The van der Waals surface area contributed by atoms with Crippen molar-refractivity contribution in [1.29, 1.82) is 5.41 Å². The number of halogens is 3. The Morgan fingerprint density at radius 2 is 1.93 bits per heavy atom. The zero-order valence-electron chi connectivity index (χ0n) is 15.5. The van der Waals surface area contributed by atoms with Gasteiger partial charge in [-0.3, -0.25) is 0 Å². The van der Waals surface area contributed by atoms with Crippen molar-refractivity contribution in [2.75, 3.05) is 18.0 Å². The topological polar surface area (TPSA) is 87.6 Å². The maximum Gasteiger partial charge on any atom is 0.387 e. The molecule has 0 amide bonds. The van der Waals surface area contributed by atoms with Crippen LogP contribution >= 0.6 is 0 Å². The van der Waals surface area contributed by atoms with E-state index < -0.39 is 12.4 Å². The predicted octanol–water partition coefficient (Wildman–Crippen LogP) is 4.14. The Morgan fingerprint density at radius 1 is 1.24 bits per heavy atom. The van der Waals surface area contributed by atoms with Crippen molar-refractivity contribution in [3.05, 3.63) is 54.0 Å². The monoisotopic (exact) mass is 403 g/mol. The van der Waals surface area contributed by atoms with Crippen LogP contribution < -0.4 is 15.4 Å². The van der Waals surface area contributed by atoms with Crippen molar-refractivity contribution in [3.8, 4) is 5.75 Å². The van der Waals surface area contributed by atoms with Gasteiger partial charge in [-0.1, -0.05) is 12.1 Å². The molecule has 1 fully saturated rings.